The van der Waals surface area contributed by atoms with Crippen molar-refractivity contribution in [3.8, 4) is 0 Å². The second kappa shape index (κ2) is 8.63. The van der Waals surface area contributed by atoms with Gasteiger partial charge in [-0.05, 0) is 11.1 Å². The maximum Gasteiger partial charge on any atom is 0.191 e. The Morgan fingerprint density at radius 2 is 1.81 bits per heavy atom. The van der Waals surface area contributed by atoms with Gasteiger partial charge in [0.25, 0.3) is 0 Å². The van der Waals surface area contributed by atoms with E-state index in [9.17, 15) is 8.42 Å². The molecule has 118 valence electrons. The molecule has 0 radical (unpaired) electrons. The van der Waals surface area contributed by atoms with Crippen LogP contribution in [0.1, 0.15) is 11.1 Å². The van der Waals surface area contributed by atoms with Gasteiger partial charge in [-0.1, -0.05) is 24.3 Å². The monoisotopic (exact) mass is 313 g/mol. The molecule has 0 amide bonds. The fourth-order valence-electron chi connectivity index (χ4n) is 1.73. The summed E-state index contributed by atoms with van der Waals surface area (Å²) in [6.07, 6.45) is 1.23. The summed E-state index contributed by atoms with van der Waals surface area (Å²) in [5.41, 5.74) is 1.85. The van der Waals surface area contributed by atoms with Gasteiger partial charge in [0, 0.05) is 33.5 Å². The summed E-state index contributed by atoms with van der Waals surface area (Å²) in [5, 5.41) is 6.30. The fraction of sp³-hybridized carbons (Fsp3) is 0.500. The van der Waals surface area contributed by atoms with Gasteiger partial charge in [-0.2, -0.15) is 0 Å². The first-order valence-corrected chi connectivity index (χ1v) is 8.69. The van der Waals surface area contributed by atoms with Gasteiger partial charge in [0.15, 0.2) is 15.8 Å². The van der Waals surface area contributed by atoms with Crippen LogP contribution in [0.3, 0.4) is 0 Å². The number of methoxy groups -OCH3 is 1. The van der Waals surface area contributed by atoms with Crippen molar-refractivity contribution in [2.24, 2.45) is 4.99 Å². The lowest BCUT2D eigenvalue weighted by Crippen LogP contribution is -2.38. The van der Waals surface area contributed by atoms with E-state index in [1.54, 1.807) is 14.2 Å². The van der Waals surface area contributed by atoms with Gasteiger partial charge in [0.05, 0.1) is 12.4 Å². The number of ether oxygens (including phenoxy) is 1. The average molecular weight is 313 g/mol. The van der Waals surface area contributed by atoms with Crippen molar-refractivity contribution in [2.45, 2.75) is 12.3 Å². The first-order chi connectivity index (χ1) is 9.94. The maximum absolute atomic E-state index is 11.2. The van der Waals surface area contributed by atoms with Crippen LogP contribution >= 0.6 is 0 Å². The lowest BCUT2D eigenvalue weighted by molar-refractivity contribution is 0.203. The quantitative estimate of drug-likeness (QED) is 0.436. The van der Waals surface area contributed by atoms with Crippen LogP contribution in [-0.4, -0.2) is 47.9 Å². The highest BCUT2D eigenvalue weighted by molar-refractivity contribution is 7.89. The number of hydrogen-bond donors (Lipinski definition) is 2. The third kappa shape index (κ3) is 7.67. The van der Waals surface area contributed by atoms with Gasteiger partial charge < -0.3 is 15.4 Å². The normalized spacial score (nSPS) is 12.2. The van der Waals surface area contributed by atoms with Gasteiger partial charge in [-0.15, -0.1) is 0 Å². The molecule has 2 N–H and O–H groups in total. The molecule has 0 atom stereocenters. The third-order valence-corrected chi connectivity index (χ3v) is 3.59. The number of guanidine groups is 1. The van der Waals surface area contributed by atoms with E-state index in [1.807, 2.05) is 24.3 Å². The molecule has 0 aliphatic heterocycles. The van der Waals surface area contributed by atoms with Crippen molar-refractivity contribution in [3.05, 3.63) is 35.4 Å². The maximum atomic E-state index is 11.2. The molecule has 0 aliphatic carbocycles. The first kappa shape index (κ1) is 17.5. The number of sulfone groups is 1. The second-order valence-electron chi connectivity index (χ2n) is 4.73. The minimum Gasteiger partial charge on any atom is -0.383 e. The van der Waals surface area contributed by atoms with Crippen molar-refractivity contribution >= 4 is 15.8 Å². The SMILES string of the molecule is CN=C(NCCOC)NCc1ccc(CS(C)(=O)=O)cc1. The van der Waals surface area contributed by atoms with Crippen LogP contribution in [-0.2, 0) is 26.9 Å². The van der Waals surface area contributed by atoms with Gasteiger partial charge in [-0.25, -0.2) is 8.42 Å². The highest BCUT2D eigenvalue weighted by atomic mass is 32.2. The Kier molecular flexibility index (Phi) is 7.18. The van der Waals surface area contributed by atoms with Crippen molar-refractivity contribution in [2.75, 3.05) is 33.6 Å². The molecule has 6 nitrogen and oxygen atoms in total. The lowest BCUT2D eigenvalue weighted by Gasteiger charge is -2.11. The molecule has 7 heteroatoms. The topological polar surface area (TPSA) is 79.8 Å². The Labute approximate surface area is 126 Å². The smallest absolute Gasteiger partial charge is 0.191 e. The Hall–Kier alpha value is -1.60. The molecule has 0 saturated heterocycles. The molecule has 0 fully saturated rings. The summed E-state index contributed by atoms with van der Waals surface area (Å²) in [6, 6.07) is 7.49. The van der Waals surface area contributed by atoms with Crippen LogP contribution in [0.25, 0.3) is 0 Å². The number of rotatable bonds is 7. The molecule has 0 aromatic heterocycles. The number of nitrogens with zero attached hydrogens (tertiary/aromatic N) is 1. The Morgan fingerprint density at radius 3 is 2.33 bits per heavy atom. The van der Waals surface area contributed by atoms with Crippen molar-refractivity contribution in [3.63, 3.8) is 0 Å². The summed E-state index contributed by atoms with van der Waals surface area (Å²) in [7, 11) is 0.365. The third-order valence-electron chi connectivity index (χ3n) is 2.73. The molecule has 0 unspecified atom stereocenters. The van der Waals surface area contributed by atoms with E-state index in [0.717, 1.165) is 11.1 Å². The van der Waals surface area contributed by atoms with E-state index >= 15 is 0 Å². The molecule has 1 rings (SSSR count). The molecular weight excluding hydrogens is 290 g/mol. The van der Waals surface area contributed by atoms with Gasteiger partial charge in [-0.3, -0.25) is 4.99 Å². The molecule has 0 bridgehead atoms. The highest BCUT2D eigenvalue weighted by Gasteiger charge is 2.04. The average Bonchev–Trinajstić information content (AvgIpc) is 2.42. The minimum absolute atomic E-state index is 0.0704. The molecule has 0 heterocycles. The summed E-state index contributed by atoms with van der Waals surface area (Å²) >= 11 is 0. The highest BCUT2D eigenvalue weighted by Crippen LogP contribution is 2.07. The Balaban J connectivity index is 2.48. The fourth-order valence-corrected chi connectivity index (χ4v) is 2.53. The van der Waals surface area contributed by atoms with Gasteiger partial charge in [0.1, 0.15) is 0 Å². The van der Waals surface area contributed by atoms with E-state index < -0.39 is 9.84 Å². The number of hydrogen-bond acceptors (Lipinski definition) is 4. The predicted molar refractivity (Wildman–Crippen MR) is 85.1 cm³/mol. The van der Waals surface area contributed by atoms with Crippen LogP contribution in [0.2, 0.25) is 0 Å². The predicted octanol–water partition coefficient (Wildman–Crippen LogP) is 0.543. The van der Waals surface area contributed by atoms with E-state index in [0.29, 0.717) is 25.7 Å². The van der Waals surface area contributed by atoms with Crippen molar-refractivity contribution in [1.82, 2.24) is 10.6 Å². The summed E-state index contributed by atoms with van der Waals surface area (Å²) in [5.74, 6) is 0.772. The standard InChI is InChI=1S/C14H23N3O3S/c1-15-14(16-8-9-20-2)17-10-12-4-6-13(7-5-12)11-21(3,18)19/h4-7H,8-11H2,1-3H3,(H2,15,16,17). The molecular formula is C14H23N3O3S. The Morgan fingerprint density at radius 1 is 1.19 bits per heavy atom. The van der Waals surface area contributed by atoms with E-state index in [-0.39, 0.29) is 5.75 Å². The minimum atomic E-state index is -2.99. The van der Waals surface area contributed by atoms with Crippen LogP contribution < -0.4 is 10.6 Å². The number of aliphatic imine (C=N–C) groups is 1. The summed E-state index contributed by atoms with van der Waals surface area (Å²) < 4.78 is 27.4. The van der Waals surface area contributed by atoms with Crippen LogP contribution in [0.5, 0.6) is 0 Å². The van der Waals surface area contributed by atoms with Gasteiger partial charge >= 0.3 is 0 Å². The summed E-state index contributed by atoms with van der Waals surface area (Å²) in [4.78, 5) is 4.10. The van der Waals surface area contributed by atoms with Crippen molar-refractivity contribution in [1.29, 1.82) is 0 Å². The van der Waals surface area contributed by atoms with E-state index in [1.165, 1.54) is 6.26 Å². The van der Waals surface area contributed by atoms with E-state index in [4.69, 9.17) is 4.74 Å². The number of benzene rings is 1. The summed E-state index contributed by atoms with van der Waals surface area (Å²) in [6.45, 7) is 1.91. The van der Waals surface area contributed by atoms with Gasteiger partial charge in [0.2, 0.25) is 0 Å². The second-order valence-corrected chi connectivity index (χ2v) is 6.87. The number of nitrogens with one attached hydrogen (secondary N) is 2. The Bertz CT molecular complexity index is 553. The molecule has 0 saturated carbocycles. The van der Waals surface area contributed by atoms with E-state index in [2.05, 4.69) is 15.6 Å². The molecule has 0 aliphatic rings. The largest absolute Gasteiger partial charge is 0.383 e. The lowest BCUT2D eigenvalue weighted by atomic mass is 10.1. The first-order valence-electron chi connectivity index (χ1n) is 6.63. The molecule has 0 spiro atoms. The zero-order valence-corrected chi connectivity index (χ0v) is 13.5. The van der Waals surface area contributed by atoms with Crippen LogP contribution in [0, 0.1) is 0 Å². The molecule has 21 heavy (non-hydrogen) atoms. The zero-order chi connectivity index (χ0) is 15.7. The van der Waals surface area contributed by atoms with Crippen molar-refractivity contribution < 1.29 is 13.2 Å². The van der Waals surface area contributed by atoms with Crippen LogP contribution in [0.15, 0.2) is 29.3 Å². The molecule has 1 aromatic carbocycles. The molecule has 1 aromatic rings. The zero-order valence-electron chi connectivity index (χ0n) is 12.7. The van der Waals surface area contributed by atoms with Crippen LogP contribution in [0.4, 0.5) is 0 Å².